The molecule has 0 spiro atoms. The topological polar surface area (TPSA) is 95.9 Å². The van der Waals surface area contributed by atoms with E-state index in [0.717, 1.165) is 27.2 Å². The minimum atomic E-state index is -3.54. The summed E-state index contributed by atoms with van der Waals surface area (Å²) in [4.78, 5) is 37.8. The van der Waals surface area contributed by atoms with Gasteiger partial charge in [-0.05, 0) is 28.2 Å². The third kappa shape index (κ3) is 4.72. The number of nitrogens with one attached hydrogen (secondary N) is 1. The molecule has 1 fully saturated rings. The summed E-state index contributed by atoms with van der Waals surface area (Å²) in [6.07, 6.45) is -0.335. The third-order valence-electron chi connectivity index (χ3n) is 7.02. The molecule has 9 heteroatoms. The Labute approximate surface area is 202 Å². The predicted octanol–water partition coefficient (Wildman–Crippen LogP) is 4.12. The highest BCUT2D eigenvalue weighted by atomic mass is 19.3. The van der Waals surface area contributed by atoms with Crippen LogP contribution in [0, 0.1) is 11.8 Å². The SMILES string of the molecule is CC[C@H](C)[C@H](NC(=O)OCC1c2ccccc2-c2ccccc21)C(=O)N1CC(C(=O)O)C(F)(F)C1. The van der Waals surface area contributed by atoms with Crippen molar-refractivity contribution in [3.05, 3.63) is 59.7 Å². The zero-order chi connectivity index (χ0) is 25.3. The van der Waals surface area contributed by atoms with Crippen LogP contribution in [0.5, 0.6) is 0 Å². The Morgan fingerprint density at radius 1 is 1.11 bits per heavy atom. The molecule has 186 valence electrons. The first-order valence-electron chi connectivity index (χ1n) is 11.6. The molecule has 7 nitrogen and oxygen atoms in total. The molecule has 1 unspecified atom stereocenters. The van der Waals surface area contributed by atoms with Gasteiger partial charge in [0.2, 0.25) is 5.91 Å². The molecule has 1 heterocycles. The van der Waals surface area contributed by atoms with Gasteiger partial charge in [-0.15, -0.1) is 0 Å². The lowest BCUT2D eigenvalue weighted by atomic mass is 9.97. The molecule has 0 radical (unpaired) electrons. The molecule has 2 amide bonds. The summed E-state index contributed by atoms with van der Waals surface area (Å²) in [6.45, 7) is 1.96. The zero-order valence-electron chi connectivity index (χ0n) is 19.5. The van der Waals surface area contributed by atoms with Gasteiger partial charge >= 0.3 is 12.1 Å². The second kappa shape index (κ2) is 9.64. The molecule has 0 aromatic heterocycles. The number of halogens is 2. The molecular weight excluding hydrogens is 458 g/mol. The molecule has 0 saturated carbocycles. The van der Waals surface area contributed by atoms with Crippen molar-refractivity contribution in [2.45, 2.75) is 38.2 Å². The summed E-state index contributed by atoms with van der Waals surface area (Å²) in [5.41, 5.74) is 4.23. The third-order valence-corrected chi connectivity index (χ3v) is 7.02. The van der Waals surface area contributed by atoms with Crippen LogP contribution in [0.25, 0.3) is 11.1 Å². The van der Waals surface area contributed by atoms with Crippen molar-refractivity contribution in [2.24, 2.45) is 11.8 Å². The van der Waals surface area contributed by atoms with Crippen molar-refractivity contribution < 1.29 is 33.0 Å². The highest BCUT2D eigenvalue weighted by Crippen LogP contribution is 2.44. The van der Waals surface area contributed by atoms with E-state index in [0.29, 0.717) is 6.42 Å². The first-order valence-corrected chi connectivity index (χ1v) is 11.6. The largest absolute Gasteiger partial charge is 0.481 e. The molecule has 2 aliphatic rings. The second-order valence-electron chi connectivity index (χ2n) is 9.20. The number of ether oxygens (including phenoxy) is 1. The summed E-state index contributed by atoms with van der Waals surface area (Å²) in [6, 6.07) is 14.6. The van der Waals surface area contributed by atoms with E-state index in [1.807, 2.05) is 55.5 Å². The van der Waals surface area contributed by atoms with Crippen molar-refractivity contribution >= 4 is 18.0 Å². The van der Waals surface area contributed by atoms with Gasteiger partial charge in [0.15, 0.2) is 0 Å². The number of amides is 2. The van der Waals surface area contributed by atoms with E-state index >= 15 is 0 Å². The van der Waals surface area contributed by atoms with E-state index in [2.05, 4.69) is 5.32 Å². The lowest BCUT2D eigenvalue weighted by Gasteiger charge is -2.28. The molecule has 3 atom stereocenters. The van der Waals surface area contributed by atoms with Gasteiger partial charge in [0.25, 0.3) is 5.92 Å². The number of alkyl halides is 2. The maximum absolute atomic E-state index is 14.1. The number of rotatable bonds is 7. The maximum atomic E-state index is 14.1. The van der Waals surface area contributed by atoms with Crippen LogP contribution in [-0.4, -0.2) is 59.6 Å². The molecule has 2 N–H and O–H groups in total. The van der Waals surface area contributed by atoms with E-state index in [9.17, 15) is 23.2 Å². The number of carbonyl (C=O) groups excluding carboxylic acids is 2. The fourth-order valence-electron chi connectivity index (χ4n) is 4.86. The van der Waals surface area contributed by atoms with E-state index in [-0.39, 0.29) is 18.4 Å². The fraction of sp³-hybridized carbons (Fsp3) is 0.423. The lowest BCUT2D eigenvalue weighted by molar-refractivity contribution is -0.151. The highest BCUT2D eigenvalue weighted by Gasteiger charge is 2.54. The van der Waals surface area contributed by atoms with Crippen LogP contribution in [0.15, 0.2) is 48.5 Å². The molecule has 1 saturated heterocycles. The summed E-state index contributed by atoms with van der Waals surface area (Å²) in [5.74, 6) is -8.45. The van der Waals surface area contributed by atoms with Crippen molar-refractivity contribution in [3.8, 4) is 11.1 Å². The fourth-order valence-corrected chi connectivity index (χ4v) is 4.86. The minimum Gasteiger partial charge on any atom is -0.481 e. The Bertz CT molecular complexity index is 1090. The summed E-state index contributed by atoms with van der Waals surface area (Å²) in [7, 11) is 0. The smallest absolute Gasteiger partial charge is 0.407 e. The lowest BCUT2D eigenvalue weighted by Crippen LogP contribution is -2.51. The minimum absolute atomic E-state index is 0.0458. The van der Waals surface area contributed by atoms with Crippen molar-refractivity contribution in [2.75, 3.05) is 19.7 Å². The number of likely N-dealkylation sites (tertiary alicyclic amines) is 1. The number of hydrogen-bond donors (Lipinski definition) is 2. The Balaban J connectivity index is 1.45. The molecule has 1 aliphatic carbocycles. The molecule has 0 bridgehead atoms. The summed E-state index contributed by atoms with van der Waals surface area (Å²) < 4.78 is 33.8. The van der Waals surface area contributed by atoms with Crippen molar-refractivity contribution in [3.63, 3.8) is 0 Å². The van der Waals surface area contributed by atoms with Crippen LogP contribution in [0.1, 0.15) is 37.3 Å². The molecule has 4 rings (SSSR count). The predicted molar refractivity (Wildman–Crippen MR) is 124 cm³/mol. The van der Waals surface area contributed by atoms with E-state index in [1.54, 1.807) is 6.92 Å². The van der Waals surface area contributed by atoms with Gasteiger partial charge < -0.3 is 20.1 Å². The van der Waals surface area contributed by atoms with Crippen molar-refractivity contribution in [1.82, 2.24) is 10.2 Å². The number of carboxylic acids is 1. The number of hydrogen-bond acceptors (Lipinski definition) is 4. The number of alkyl carbamates (subject to hydrolysis) is 1. The standard InChI is InChI=1S/C26H28F2N2O5/c1-3-15(2)22(23(31)30-12-21(24(32)33)26(27,28)14-30)29-25(34)35-13-20-18-10-6-4-8-16(18)17-9-5-7-11-19(17)20/h4-11,15,20-22H,3,12-14H2,1-2H3,(H,29,34)(H,32,33)/t15-,21?,22-/m0/s1. The molecule has 2 aromatic rings. The number of aliphatic carboxylic acids is 1. The number of nitrogens with zero attached hydrogens (tertiary/aromatic N) is 1. The Kier molecular flexibility index (Phi) is 6.78. The average molecular weight is 487 g/mol. The Morgan fingerprint density at radius 3 is 2.20 bits per heavy atom. The zero-order valence-corrected chi connectivity index (χ0v) is 19.5. The van der Waals surface area contributed by atoms with Crippen LogP contribution in [-0.2, 0) is 14.3 Å². The van der Waals surface area contributed by atoms with E-state index in [1.165, 1.54) is 0 Å². The van der Waals surface area contributed by atoms with Gasteiger partial charge in [-0.3, -0.25) is 9.59 Å². The summed E-state index contributed by atoms with van der Waals surface area (Å²) >= 11 is 0. The maximum Gasteiger partial charge on any atom is 0.407 e. The Hall–Kier alpha value is -3.49. The normalized spacial score (nSPS) is 20.0. The van der Waals surface area contributed by atoms with Gasteiger partial charge in [0, 0.05) is 12.5 Å². The Morgan fingerprint density at radius 2 is 1.69 bits per heavy atom. The van der Waals surface area contributed by atoms with Crippen molar-refractivity contribution in [1.29, 1.82) is 0 Å². The van der Waals surface area contributed by atoms with Crippen LogP contribution < -0.4 is 5.32 Å². The quantitative estimate of drug-likeness (QED) is 0.614. The van der Waals surface area contributed by atoms with Gasteiger partial charge in [-0.2, -0.15) is 0 Å². The molecule has 2 aromatic carbocycles. The molecular formula is C26H28F2N2O5. The number of carbonyl (C=O) groups is 3. The van der Waals surface area contributed by atoms with E-state index in [4.69, 9.17) is 9.84 Å². The van der Waals surface area contributed by atoms with Gasteiger partial charge in [0.05, 0.1) is 6.54 Å². The number of fused-ring (bicyclic) bond motifs is 3. The van der Waals surface area contributed by atoms with E-state index < -0.39 is 48.9 Å². The first-order chi connectivity index (χ1) is 16.6. The van der Waals surface area contributed by atoms with Crippen LogP contribution in [0.2, 0.25) is 0 Å². The van der Waals surface area contributed by atoms with Crippen LogP contribution in [0.4, 0.5) is 13.6 Å². The highest BCUT2D eigenvalue weighted by molar-refractivity contribution is 5.87. The summed E-state index contributed by atoms with van der Waals surface area (Å²) in [5, 5.41) is 11.6. The first kappa shape index (κ1) is 24.6. The van der Waals surface area contributed by atoms with Crippen LogP contribution >= 0.6 is 0 Å². The monoisotopic (exact) mass is 486 g/mol. The van der Waals surface area contributed by atoms with Gasteiger partial charge in [0.1, 0.15) is 18.6 Å². The number of carboxylic acid groups (broad SMARTS) is 1. The molecule has 35 heavy (non-hydrogen) atoms. The van der Waals surface area contributed by atoms with Crippen LogP contribution in [0.3, 0.4) is 0 Å². The second-order valence-corrected chi connectivity index (χ2v) is 9.20. The van der Waals surface area contributed by atoms with Gasteiger partial charge in [-0.1, -0.05) is 68.8 Å². The molecule has 1 aliphatic heterocycles. The average Bonchev–Trinajstić information content (AvgIpc) is 3.34. The van der Waals surface area contributed by atoms with Gasteiger partial charge in [-0.25, -0.2) is 13.6 Å². The number of benzene rings is 2.